The lowest BCUT2D eigenvalue weighted by Gasteiger charge is -2.12. The fraction of sp³-hybridized carbons (Fsp3) is 0.286. The van der Waals surface area contributed by atoms with Crippen molar-refractivity contribution in [1.82, 2.24) is 4.72 Å². The van der Waals surface area contributed by atoms with E-state index in [4.69, 9.17) is 4.42 Å². The number of anilines is 1. The van der Waals surface area contributed by atoms with Crippen LogP contribution < -0.4 is 10.0 Å². The maximum atomic E-state index is 11.6. The second-order valence-electron chi connectivity index (χ2n) is 4.55. The number of para-hydroxylation sites is 1. The van der Waals surface area contributed by atoms with Gasteiger partial charge in [-0.15, -0.1) is 0 Å². The van der Waals surface area contributed by atoms with E-state index in [9.17, 15) is 13.5 Å². The minimum atomic E-state index is -3.57. The van der Waals surface area contributed by atoms with E-state index in [1.54, 1.807) is 13.0 Å². The lowest BCUT2D eigenvalue weighted by Crippen LogP contribution is -2.17. The van der Waals surface area contributed by atoms with Crippen LogP contribution in [0.3, 0.4) is 0 Å². The van der Waals surface area contributed by atoms with Crippen LogP contribution in [0.1, 0.15) is 24.4 Å². The molecule has 0 aliphatic carbocycles. The topological polar surface area (TPSA) is 91.6 Å². The van der Waals surface area contributed by atoms with Crippen LogP contribution in [0.4, 0.5) is 5.69 Å². The number of aliphatic hydroxyl groups excluding tert-OH is 1. The largest absolute Gasteiger partial charge is 0.446 e. The summed E-state index contributed by atoms with van der Waals surface area (Å²) in [7, 11) is -2.24. The zero-order valence-corrected chi connectivity index (χ0v) is 12.6. The summed E-state index contributed by atoms with van der Waals surface area (Å²) in [5.74, 6) is 0.490. The van der Waals surface area contributed by atoms with Gasteiger partial charge in [-0.25, -0.2) is 13.1 Å². The van der Waals surface area contributed by atoms with Crippen molar-refractivity contribution in [3.05, 3.63) is 47.7 Å². The highest BCUT2D eigenvalue weighted by Gasteiger charge is 2.16. The normalized spacial score (nSPS) is 13.1. The molecule has 0 spiro atoms. The third-order valence-electron chi connectivity index (χ3n) is 3.03. The molecular formula is C14H18N2O4S. The van der Waals surface area contributed by atoms with E-state index in [0.717, 1.165) is 11.3 Å². The summed E-state index contributed by atoms with van der Waals surface area (Å²) in [6, 6.07) is 10.4. The molecule has 1 aromatic carbocycles. The minimum absolute atomic E-state index is 0.120. The lowest BCUT2D eigenvalue weighted by atomic mass is 10.1. The van der Waals surface area contributed by atoms with Gasteiger partial charge in [0.25, 0.3) is 10.0 Å². The predicted molar refractivity (Wildman–Crippen MR) is 79.4 cm³/mol. The second-order valence-corrected chi connectivity index (χ2v) is 6.36. The molecule has 3 N–H and O–H groups in total. The number of benzene rings is 1. The van der Waals surface area contributed by atoms with Gasteiger partial charge >= 0.3 is 0 Å². The molecule has 1 atom stereocenters. The number of sulfonamides is 1. The van der Waals surface area contributed by atoms with Gasteiger partial charge in [-0.2, -0.15) is 0 Å². The Morgan fingerprint density at radius 3 is 2.62 bits per heavy atom. The summed E-state index contributed by atoms with van der Waals surface area (Å²) in [6.45, 7) is 2.01. The van der Waals surface area contributed by atoms with Crippen molar-refractivity contribution in [1.29, 1.82) is 0 Å². The first kappa shape index (κ1) is 15.6. The van der Waals surface area contributed by atoms with Gasteiger partial charge in [-0.05, 0) is 32.2 Å². The molecule has 0 aliphatic rings. The molecule has 0 radical (unpaired) electrons. The molecule has 1 aromatic heterocycles. The van der Waals surface area contributed by atoms with Crippen LogP contribution in [0.5, 0.6) is 0 Å². The standard InChI is InChI=1S/C14H18N2O4S/c1-10(17)12-5-3-4-6-13(12)16-9-11-7-8-14(20-11)21(18,19)15-2/h3-8,10,15-17H,9H2,1-2H3. The van der Waals surface area contributed by atoms with Crippen molar-refractivity contribution >= 4 is 15.7 Å². The fourth-order valence-electron chi connectivity index (χ4n) is 1.90. The molecule has 0 saturated heterocycles. The zero-order valence-electron chi connectivity index (χ0n) is 11.8. The molecule has 1 heterocycles. The molecular weight excluding hydrogens is 292 g/mol. The van der Waals surface area contributed by atoms with Gasteiger partial charge in [0.1, 0.15) is 5.76 Å². The summed E-state index contributed by atoms with van der Waals surface area (Å²) in [5.41, 5.74) is 1.55. The van der Waals surface area contributed by atoms with Crippen molar-refractivity contribution in [2.45, 2.75) is 24.7 Å². The number of hydrogen-bond acceptors (Lipinski definition) is 5. The number of furan rings is 1. The number of rotatable bonds is 6. The first-order chi connectivity index (χ1) is 9.94. The van der Waals surface area contributed by atoms with E-state index in [-0.39, 0.29) is 5.09 Å². The molecule has 0 aliphatic heterocycles. The highest BCUT2D eigenvalue weighted by Crippen LogP contribution is 2.23. The molecule has 21 heavy (non-hydrogen) atoms. The Labute approximate surface area is 123 Å². The van der Waals surface area contributed by atoms with Crippen molar-refractivity contribution in [3.63, 3.8) is 0 Å². The van der Waals surface area contributed by atoms with Gasteiger partial charge < -0.3 is 14.8 Å². The molecule has 6 nitrogen and oxygen atoms in total. The van der Waals surface area contributed by atoms with Crippen LogP contribution >= 0.6 is 0 Å². The van der Waals surface area contributed by atoms with E-state index >= 15 is 0 Å². The SMILES string of the molecule is CNS(=O)(=O)c1ccc(CNc2ccccc2C(C)O)o1. The van der Waals surface area contributed by atoms with Crippen LogP contribution in [-0.2, 0) is 16.6 Å². The number of hydrogen-bond donors (Lipinski definition) is 3. The van der Waals surface area contributed by atoms with Gasteiger partial charge in [0.05, 0.1) is 12.6 Å². The highest BCUT2D eigenvalue weighted by atomic mass is 32.2. The maximum Gasteiger partial charge on any atom is 0.273 e. The van der Waals surface area contributed by atoms with E-state index in [0.29, 0.717) is 12.3 Å². The Hall–Kier alpha value is -1.83. The van der Waals surface area contributed by atoms with Crippen LogP contribution in [0.15, 0.2) is 45.9 Å². The zero-order chi connectivity index (χ0) is 15.5. The van der Waals surface area contributed by atoms with Crippen LogP contribution in [0.25, 0.3) is 0 Å². The molecule has 0 amide bonds. The Morgan fingerprint density at radius 2 is 1.95 bits per heavy atom. The Bertz CT molecular complexity index is 707. The Kier molecular flexibility index (Phi) is 4.66. The monoisotopic (exact) mass is 310 g/mol. The quantitative estimate of drug-likeness (QED) is 0.757. The Morgan fingerprint density at radius 1 is 1.24 bits per heavy atom. The van der Waals surface area contributed by atoms with E-state index in [2.05, 4.69) is 10.0 Å². The van der Waals surface area contributed by atoms with Gasteiger partial charge in [0, 0.05) is 11.3 Å². The molecule has 2 aromatic rings. The van der Waals surface area contributed by atoms with Crippen molar-refractivity contribution in [3.8, 4) is 0 Å². The minimum Gasteiger partial charge on any atom is -0.446 e. The summed E-state index contributed by atoms with van der Waals surface area (Å²) >= 11 is 0. The smallest absolute Gasteiger partial charge is 0.273 e. The predicted octanol–water partition coefficient (Wildman–Crippen LogP) is 1.85. The molecule has 0 fully saturated rings. The molecule has 1 unspecified atom stereocenters. The molecule has 0 bridgehead atoms. The first-order valence-corrected chi connectivity index (χ1v) is 7.95. The number of aliphatic hydroxyl groups is 1. The highest BCUT2D eigenvalue weighted by molar-refractivity contribution is 7.89. The van der Waals surface area contributed by atoms with Crippen molar-refractivity contribution in [2.75, 3.05) is 12.4 Å². The van der Waals surface area contributed by atoms with Crippen LogP contribution in [0, 0.1) is 0 Å². The average molecular weight is 310 g/mol. The maximum absolute atomic E-state index is 11.6. The van der Waals surface area contributed by atoms with Gasteiger partial charge in [-0.1, -0.05) is 18.2 Å². The van der Waals surface area contributed by atoms with Crippen molar-refractivity contribution < 1.29 is 17.9 Å². The molecule has 0 saturated carbocycles. The molecule has 2 rings (SSSR count). The van der Waals surface area contributed by atoms with Crippen molar-refractivity contribution in [2.24, 2.45) is 0 Å². The summed E-state index contributed by atoms with van der Waals surface area (Å²) in [6.07, 6.45) is -0.592. The average Bonchev–Trinajstić information content (AvgIpc) is 2.95. The lowest BCUT2D eigenvalue weighted by molar-refractivity contribution is 0.200. The van der Waals surface area contributed by atoms with E-state index in [1.165, 1.54) is 13.1 Å². The third kappa shape index (κ3) is 3.63. The summed E-state index contributed by atoms with van der Waals surface area (Å²) in [4.78, 5) is 0. The van der Waals surface area contributed by atoms with E-state index < -0.39 is 16.1 Å². The van der Waals surface area contributed by atoms with Crippen LogP contribution in [-0.4, -0.2) is 20.6 Å². The van der Waals surface area contributed by atoms with Gasteiger partial charge in [-0.3, -0.25) is 0 Å². The number of nitrogens with one attached hydrogen (secondary N) is 2. The van der Waals surface area contributed by atoms with Crippen LogP contribution in [0.2, 0.25) is 0 Å². The summed E-state index contributed by atoms with van der Waals surface area (Å²) in [5, 5.41) is 12.7. The summed E-state index contributed by atoms with van der Waals surface area (Å²) < 4.78 is 30.6. The molecule has 7 heteroatoms. The molecule has 114 valence electrons. The first-order valence-electron chi connectivity index (χ1n) is 6.47. The Balaban J connectivity index is 2.11. The fourth-order valence-corrected chi connectivity index (χ4v) is 2.57. The third-order valence-corrected chi connectivity index (χ3v) is 4.32. The van der Waals surface area contributed by atoms with Gasteiger partial charge in [0.15, 0.2) is 0 Å². The van der Waals surface area contributed by atoms with E-state index in [1.807, 2.05) is 24.3 Å². The van der Waals surface area contributed by atoms with Gasteiger partial charge in [0.2, 0.25) is 5.09 Å². The second kappa shape index (κ2) is 6.30.